The number of hydrogen-bond donors (Lipinski definition) is 3. The van der Waals surface area contributed by atoms with Crippen molar-refractivity contribution in [2.24, 2.45) is 23.7 Å². The molecule has 0 aliphatic rings. The van der Waals surface area contributed by atoms with Crippen LogP contribution in [0.4, 0.5) is 0 Å². The van der Waals surface area contributed by atoms with Gasteiger partial charge in [0.2, 0.25) is 0 Å². The minimum absolute atomic E-state index is 0.102. The van der Waals surface area contributed by atoms with E-state index in [2.05, 4.69) is 55.4 Å². The Morgan fingerprint density at radius 1 is 0.286 bits per heavy atom. The molecule has 0 fully saturated rings. The lowest BCUT2D eigenvalue weighted by Gasteiger charge is -2.21. The Bertz CT molecular complexity index is 1920. The monoisotopic (exact) mass is 1440 g/mol. The standard InChI is InChI=1S/C79H154O17P2/c1-9-71(7)57-49-41-33-27-23-19-15-13-11-12-14-16-20-24-28-34-43-51-59-76(81)89-65-74(95-78(83)61-53-45-35-29-25-21-17-18-22-26-31-39-47-55-69(3)4)67-93-97(85,86)91-63-73(80)64-92-98(87,88)94-68-75(96-79(84)62-54-46-38-37-42-50-58-72(8)10-2)66-90-77(82)60-52-44-36-30-32-40-48-56-70(5)6/h69-75,80H,9-68H2,1-8H3,(H,85,86)(H,87,88)/t71?,72?,73?,74-,75-/m1/s1. The summed E-state index contributed by atoms with van der Waals surface area (Å²) in [7, 11) is -9.91. The molecule has 19 heteroatoms. The van der Waals surface area contributed by atoms with E-state index < -0.39 is 97.5 Å². The van der Waals surface area contributed by atoms with Crippen molar-refractivity contribution in [3.05, 3.63) is 0 Å². The number of hydrogen-bond acceptors (Lipinski definition) is 15. The number of carbonyl (C=O) groups is 4. The molecule has 582 valence electrons. The smallest absolute Gasteiger partial charge is 0.462 e. The Kier molecular flexibility index (Phi) is 66.8. The Labute approximate surface area is 600 Å². The maximum absolute atomic E-state index is 13.1. The van der Waals surface area contributed by atoms with E-state index in [1.165, 1.54) is 199 Å². The maximum Gasteiger partial charge on any atom is 0.472 e. The Morgan fingerprint density at radius 3 is 0.724 bits per heavy atom. The van der Waals surface area contributed by atoms with Crippen molar-refractivity contribution in [2.75, 3.05) is 39.6 Å². The number of ether oxygens (including phenoxy) is 4. The van der Waals surface area contributed by atoms with Crippen LogP contribution in [0.25, 0.3) is 0 Å². The quantitative estimate of drug-likeness (QED) is 0.0222. The number of phosphoric acid groups is 2. The van der Waals surface area contributed by atoms with E-state index in [1.807, 2.05) is 0 Å². The van der Waals surface area contributed by atoms with Gasteiger partial charge in [-0.2, -0.15) is 0 Å². The predicted octanol–water partition coefficient (Wildman–Crippen LogP) is 23.2. The minimum Gasteiger partial charge on any atom is -0.462 e. The Morgan fingerprint density at radius 2 is 0.490 bits per heavy atom. The number of phosphoric ester groups is 2. The molecule has 0 saturated heterocycles. The summed E-state index contributed by atoms with van der Waals surface area (Å²) in [6, 6.07) is 0. The van der Waals surface area contributed by atoms with Crippen LogP contribution in [0.5, 0.6) is 0 Å². The topological polar surface area (TPSA) is 237 Å². The summed E-state index contributed by atoms with van der Waals surface area (Å²) in [5.41, 5.74) is 0. The second kappa shape index (κ2) is 68.2. The number of aliphatic hydroxyl groups is 1. The molecular weight excluding hydrogens is 1280 g/mol. The molecule has 0 saturated carbocycles. The summed E-state index contributed by atoms with van der Waals surface area (Å²) >= 11 is 0. The van der Waals surface area contributed by atoms with Gasteiger partial charge < -0.3 is 33.8 Å². The SMILES string of the molecule is CCC(C)CCCCCCCCCCCCCCCCCCCCC(=O)OC[C@H](COP(=O)(O)OCC(O)COP(=O)(O)OC[C@@H](COC(=O)CCCCCCCCCC(C)C)OC(=O)CCCCCCCCC(C)CC)OC(=O)CCCCCCCCCCCCCCCC(C)C. The second-order valence-corrected chi connectivity index (χ2v) is 32.8. The molecule has 0 aromatic carbocycles. The van der Waals surface area contributed by atoms with Gasteiger partial charge in [0, 0.05) is 25.7 Å². The fourth-order valence-corrected chi connectivity index (χ4v) is 13.6. The Hall–Kier alpha value is -1.94. The molecule has 0 radical (unpaired) electrons. The summed E-state index contributed by atoms with van der Waals surface area (Å²) in [5, 5.41) is 10.6. The lowest BCUT2D eigenvalue weighted by atomic mass is 9.99. The molecule has 3 N–H and O–H groups in total. The highest BCUT2D eigenvalue weighted by molar-refractivity contribution is 7.47. The fourth-order valence-electron chi connectivity index (χ4n) is 12.0. The molecule has 0 bridgehead atoms. The van der Waals surface area contributed by atoms with Crippen molar-refractivity contribution < 1.29 is 80.2 Å². The third-order valence-corrected chi connectivity index (χ3v) is 20.9. The van der Waals surface area contributed by atoms with Crippen LogP contribution < -0.4 is 0 Å². The van der Waals surface area contributed by atoms with E-state index in [1.54, 1.807) is 0 Å². The highest BCUT2D eigenvalue weighted by Crippen LogP contribution is 2.45. The highest BCUT2D eigenvalue weighted by Gasteiger charge is 2.30. The number of unbranched alkanes of at least 4 members (excludes halogenated alkanes) is 40. The van der Waals surface area contributed by atoms with E-state index in [0.717, 1.165) is 114 Å². The van der Waals surface area contributed by atoms with Crippen LogP contribution in [0, 0.1) is 23.7 Å². The number of rotatable bonds is 76. The van der Waals surface area contributed by atoms with Gasteiger partial charge in [-0.05, 0) is 49.4 Å². The molecule has 0 aliphatic heterocycles. The first-order valence-electron chi connectivity index (χ1n) is 40.8. The molecule has 0 spiro atoms. The molecule has 0 aromatic heterocycles. The van der Waals surface area contributed by atoms with Gasteiger partial charge in [-0.1, -0.05) is 351 Å². The summed E-state index contributed by atoms with van der Waals surface area (Å²) in [6.45, 7) is 14.2. The van der Waals surface area contributed by atoms with Crippen molar-refractivity contribution in [3.63, 3.8) is 0 Å². The lowest BCUT2D eigenvalue weighted by molar-refractivity contribution is -0.161. The van der Waals surface area contributed by atoms with Crippen LogP contribution in [-0.4, -0.2) is 96.7 Å². The van der Waals surface area contributed by atoms with E-state index in [0.29, 0.717) is 31.6 Å². The van der Waals surface area contributed by atoms with Crippen LogP contribution in [0.3, 0.4) is 0 Å². The molecule has 7 atom stereocenters. The van der Waals surface area contributed by atoms with E-state index in [-0.39, 0.29) is 25.7 Å². The van der Waals surface area contributed by atoms with E-state index in [4.69, 9.17) is 37.0 Å². The molecule has 0 amide bonds. The number of carbonyl (C=O) groups excluding carboxylic acids is 4. The van der Waals surface area contributed by atoms with Gasteiger partial charge in [0.1, 0.15) is 19.3 Å². The van der Waals surface area contributed by atoms with Gasteiger partial charge in [0.25, 0.3) is 0 Å². The van der Waals surface area contributed by atoms with E-state index in [9.17, 15) is 43.2 Å². The molecular formula is C79H154O17P2. The predicted molar refractivity (Wildman–Crippen MR) is 400 cm³/mol. The first-order valence-corrected chi connectivity index (χ1v) is 43.8. The van der Waals surface area contributed by atoms with Crippen LogP contribution in [-0.2, 0) is 65.4 Å². The van der Waals surface area contributed by atoms with Crippen LogP contribution in [0.2, 0.25) is 0 Å². The third-order valence-electron chi connectivity index (χ3n) is 19.0. The summed E-state index contributed by atoms with van der Waals surface area (Å²) in [6.07, 6.45) is 54.4. The van der Waals surface area contributed by atoms with Gasteiger partial charge in [-0.3, -0.25) is 37.3 Å². The van der Waals surface area contributed by atoms with Crippen molar-refractivity contribution in [1.82, 2.24) is 0 Å². The maximum atomic E-state index is 13.1. The fraction of sp³-hybridized carbons (Fsp3) is 0.949. The molecule has 17 nitrogen and oxygen atoms in total. The number of aliphatic hydroxyl groups excluding tert-OH is 1. The highest BCUT2D eigenvalue weighted by atomic mass is 31.2. The first kappa shape index (κ1) is 96.1. The summed E-state index contributed by atoms with van der Waals surface area (Å²) in [5.74, 6) is 0.964. The summed E-state index contributed by atoms with van der Waals surface area (Å²) in [4.78, 5) is 72.8. The molecule has 0 aromatic rings. The molecule has 0 rings (SSSR count). The van der Waals surface area contributed by atoms with Crippen LogP contribution in [0.1, 0.15) is 402 Å². The average Bonchev–Trinajstić information content (AvgIpc) is 1.16. The molecule has 5 unspecified atom stereocenters. The van der Waals surface area contributed by atoms with Gasteiger partial charge in [-0.15, -0.1) is 0 Å². The van der Waals surface area contributed by atoms with Crippen molar-refractivity contribution in [2.45, 2.75) is 420 Å². The average molecular weight is 1440 g/mol. The van der Waals surface area contributed by atoms with Crippen LogP contribution >= 0.6 is 15.6 Å². The van der Waals surface area contributed by atoms with Gasteiger partial charge in [0.05, 0.1) is 26.4 Å². The Balaban J connectivity index is 5.18. The van der Waals surface area contributed by atoms with Crippen molar-refractivity contribution >= 4 is 39.5 Å². The van der Waals surface area contributed by atoms with Gasteiger partial charge in [0.15, 0.2) is 12.2 Å². The zero-order chi connectivity index (χ0) is 72.4. The van der Waals surface area contributed by atoms with Gasteiger partial charge >= 0.3 is 39.5 Å². The van der Waals surface area contributed by atoms with Crippen molar-refractivity contribution in [1.29, 1.82) is 0 Å². The molecule has 0 heterocycles. The van der Waals surface area contributed by atoms with Gasteiger partial charge in [-0.25, -0.2) is 9.13 Å². The minimum atomic E-state index is -4.96. The largest absolute Gasteiger partial charge is 0.472 e. The zero-order valence-corrected chi connectivity index (χ0v) is 66.2. The normalized spacial score (nSPS) is 14.6. The number of esters is 4. The zero-order valence-electron chi connectivity index (χ0n) is 64.4. The lowest BCUT2D eigenvalue weighted by Crippen LogP contribution is -2.30. The first-order chi connectivity index (χ1) is 47.2. The second-order valence-electron chi connectivity index (χ2n) is 29.9. The molecule has 98 heavy (non-hydrogen) atoms. The summed E-state index contributed by atoms with van der Waals surface area (Å²) < 4.78 is 68.5. The third kappa shape index (κ3) is 69.8. The van der Waals surface area contributed by atoms with Crippen LogP contribution in [0.15, 0.2) is 0 Å². The molecule has 0 aliphatic carbocycles. The van der Waals surface area contributed by atoms with E-state index >= 15 is 0 Å². The van der Waals surface area contributed by atoms with Crippen molar-refractivity contribution in [3.8, 4) is 0 Å².